The molecular weight excluding hydrogens is 344 g/mol. The van der Waals surface area contributed by atoms with E-state index >= 15 is 0 Å². The molecule has 2 aromatic heterocycles. The average molecular weight is 360 g/mol. The molecule has 4 rings (SSSR count). The highest BCUT2D eigenvalue weighted by atomic mass is 32.2. The molecule has 1 aliphatic rings. The maximum absolute atomic E-state index is 5.85. The largest absolute Gasteiger partial charge is 0.485 e. The normalized spacial score (nSPS) is 16.4. The summed E-state index contributed by atoms with van der Waals surface area (Å²) < 4.78 is 22.4. The van der Waals surface area contributed by atoms with Crippen molar-refractivity contribution in [1.82, 2.24) is 20.3 Å². The molecule has 0 bridgehead atoms. The summed E-state index contributed by atoms with van der Waals surface area (Å²) >= 11 is 1.34. The Balaban J connectivity index is 1.39. The molecule has 0 N–H and O–H groups in total. The molecule has 1 unspecified atom stereocenters. The van der Waals surface area contributed by atoms with E-state index in [9.17, 15) is 0 Å². The van der Waals surface area contributed by atoms with Gasteiger partial charge in [-0.15, -0.1) is 10.2 Å². The summed E-state index contributed by atoms with van der Waals surface area (Å²) in [4.78, 5) is 4.31. The third kappa shape index (κ3) is 3.46. The molecule has 0 fully saturated rings. The van der Waals surface area contributed by atoms with Crippen molar-refractivity contribution in [3.8, 4) is 11.5 Å². The fourth-order valence-corrected chi connectivity index (χ4v) is 2.84. The summed E-state index contributed by atoms with van der Waals surface area (Å²) in [5, 5.41) is 12.4. The van der Waals surface area contributed by atoms with E-state index in [1.807, 2.05) is 38.1 Å². The molecule has 0 saturated carbocycles. The Morgan fingerprint density at radius 1 is 1.20 bits per heavy atom. The zero-order valence-corrected chi connectivity index (χ0v) is 14.5. The first kappa shape index (κ1) is 15.9. The van der Waals surface area contributed by atoms with Gasteiger partial charge in [0.1, 0.15) is 6.61 Å². The molecule has 0 spiro atoms. The fraction of sp³-hybridized carbons (Fsp3) is 0.375. The Morgan fingerprint density at radius 2 is 2.04 bits per heavy atom. The minimum absolute atomic E-state index is 0.226. The molecule has 1 atom stereocenters. The molecule has 3 heterocycles. The van der Waals surface area contributed by atoms with Crippen molar-refractivity contribution in [3.63, 3.8) is 0 Å². The van der Waals surface area contributed by atoms with Crippen LogP contribution in [0, 0.1) is 0 Å². The summed E-state index contributed by atoms with van der Waals surface area (Å²) in [7, 11) is 0. The van der Waals surface area contributed by atoms with E-state index < -0.39 is 6.10 Å². The van der Waals surface area contributed by atoms with E-state index in [0.29, 0.717) is 46.7 Å². The Morgan fingerprint density at radius 3 is 2.84 bits per heavy atom. The first-order valence-corrected chi connectivity index (χ1v) is 8.85. The molecule has 0 aliphatic carbocycles. The summed E-state index contributed by atoms with van der Waals surface area (Å²) in [6.45, 7) is 4.34. The van der Waals surface area contributed by atoms with Crippen LogP contribution in [0.5, 0.6) is 11.5 Å². The first-order valence-electron chi connectivity index (χ1n) is 7.86. The summed E-state index contributed by atoms with van der Waals surface area (Å²) in [6, 6.07) is 7.48. The molecule has 8 nitrogen and oxygen atoms in total. The predicted molar refractivity (Wildman–Crippen MR) is 87.6 cm³/mol. The number of benzene rings is 1. The lowest BCUT2D eigenvalue weighted by atomic mass is 10.2. The maximum Gasteiger partial charge on any atom is 0.277 e. The number of thioether (sulfide) groups is 1. The van der Waals surface area contributed by atoms with Crippen LogP contribution in [0.25, 0.3) is 0 Å². The third-order valence-electron chi connectivity index (χ3n) is 3.53. The van der Waals surface area contributed by atoms with E-state index in [1.54, 1.807) is 0 Å². The highest BCUT2D eigenvalue weighted by Crippen LogP contribution is 2.36. The van der Waals surface area contributed by atoms with Gasteiger partial charge in [-0.05, 0) is 12.1 Å². The number of hydrogen-bond acceptors (Lipinski definition) is 9. The standard InChI is InChI=1S/C16H16N4O4S/c1-9(2)14-17-13(24-20-14)8-25-16-19-18-15(23-16)12-7-21-10-5-3-4-6-11(10)22-12/h3-6,9,12H,7-8H2,1-2H3. The van der Waals surface area contributed by atoms with Crippen LogP contribution in [0.3, 0.4) is 0 Å². The topological polar surface area (TPSA) is 96.3 Å². The molecular formula is C16H16N4O4S. The summed E-state index contributed by atoms with van der Waals surface area (Å²) in [5.41, 5.74) is 0. The van der Waals surface area contributed by atoms with Crippen LogP contribution in [0.2, 0.25) is 0 Å². The van der Waals surface area contributed by atoms with Crippen molar-refractivity contribution < 1.29 is 18.4 Å². The lowest BCUT2D eigenvalue weighted by Gasteiger charge is -2.23. The van der Waals surface area contributed by atoms with Crippen molar-refractivity contribution in [2.24, 2.45) is 0 Å². The summed E-state index contributed by atoms with van der Waals surface area (Å²) in [5.74, 6) is 3.66. The number of rotatable bonds is 5. The third-order valence-corrected chi connectivity index (χ3v) is 4.33. The number of para-hydroxylation sites is 2. The van der Waals surface area contributed by atoms with Gasteiger partial charge in [-0.1, -0.05) is 42.9 Å². The zero-order valence-electron chi connectivity index (χ0n) is 13.7. The Kier molecular flexibility index (Phi) is 4.31. The highest BCUT2D eigenvalue weighted by Gasteiger charge is 2.27. The fourth-order valence-electron chi connectivity index (χ4n) is 2.23. The van der Waals surface area contributed by atoms with Crippen LogP contribution in [0.1, 0.15) is 43.5 Å². The molecule has 0 saturated heterocycles. The lowest BCUT2D eigenvalue weighted by Crippen LogP contribution is -2.21. The minimum Gasteiger partial charge on any atom is -0.485 e. The molecule has 25 heavy (non-hydrogen) atoms. The lowest BCUT2D eigenvalue weighted by molar-refractivity contribution is 0.0686. The Bertz CT molecular complexity index is 863. The van der Waals surface area contributed by atoms with Gasteiger partial charge >= 0.3 is 0 Å². The molecule has 0 radical (unpaired) electrons. The first-order chi connectivity index (χ1) is 12.2. The molecule has 3 aromatic rings. The molecule has 0 amide bonds. The van der Waals surface area contributed by atoms with Crippen LogP contribution in [-0.4, -0.2) is 26.9 Å². The Labute approximate surface area is 147 Å². The number of ether oxygens (including phenoxy) is 2. The number of nitrogens with zero attached hydrogens (tertiary/aromatic N) is 4. The zero-order chi connectivity index (χ0) is 17.2. The second kappa shape index (κ2) is 6.75. The molecule has 1 aromatic carbocycles. The second-order valence-corrected chi connectivity index (χ2v) is 6.69. The van der Waals surface area contributed by atoms with Gasteiger partial charge in [-0.3, -0.25) is 0 Å². The van der Waals surface area contributed by atoms with Gasteiger partial charge in [0.15, 0.2) is 17.3 Å². The van der Waals surface area contributed by atoms with Gasteiger partial charge in [-0.2, -0.15) is 4.98 Å². The monoisotopic (exact) mass is 360 g/mol. The van der Waals surface area contributed by atoms with Crippen molar-refractivity contribution in [2.75, 3.05) is 6.61 Å². The van der Waals surface area contributed by atoms with Crippen molar-refractivity contribution in [1.29, 1.82) is 0 Å². The molecule has 9 heteroatoms. The molecule has 1 aliphatic heterocycles. The van der Waals surface area contributed by atoms with Crippen LogP contribution in [0.4, 0.5) is 0 Å². The average Bonchev–Trinajstić information content (AvgIpc) is 3.29. The summed E-state index contributed by atoms with van der Waals surface area (Å²) in [6.07, 6.45) is -0.423. The van der Waals surface area contributed by atoms with Crippen LogP contribution in [0.15, 0.2) is 38.4 Å². The van der Waals surface area contributed by atoms with E-state index in [2.05, 4.69) is 20.3 Å². The van der Waals surface area contributed by atoms with Crippen LogP contribution in [-0.2, 0) is 5.75 Å². The van der Waals surface area contributed by atoms with Crippen LogP contribution < -0.4 is 9.47 Å². The number of fused-ring (bicyclic) bond motifs is 1. The predicted octanol–water partition coefficient (Wildman–Crippen LogP) is 3.38. The van der Waals surface area contributed by atoms with Gasteiger partial charge in [0.25, 0.3) is 11.1 Å². The highest BCUT2D eigenvalue weighted by molar-refractivity contribution is 7.98. The van der Waals surface area contributed by atoms with E-state index in [-0.39, 0.29) is 5.92 Å². The SMILES string of the molecule is CC(C)c1noc(CSc2nnc(C3COc4ccccc4O3)o2)n1. The smallest absolute Gasteiger partial charge is 0.277 e. The Hall–Kier alpha value is -2.55. The van der Waals surface area contributed by atoms with E-state index in [0.717, 1.165) is 0 Å². The van der Waals surface area contributed by atoms with Gasteiger partial charge in [-0.25, -0.2) is 0 Å². The van der Waals surface area contributed by atoms with Crippen molar-refractivity contribution in [3.05, 3.63) is 41.9 Å². The second-order valence-electron chi connectivity index (χ2n) is 5.76. The number of aromatic nitrogens is 4. The van der Waals surface area contributed by atoms with Crippen molar-refractivity contribution >= 4 is 11.8 Å². The number of hydrogen-bond donors (Lipinski definition) is 0. The quantitative estimate of drug-likeness (QED) is 0.634. The van der Waals surface area contributed by atoms with E-state index in [1.165, 1.54) is 11.8 Å². The molecule has 130 valence electrons. The maximum atomic E-state index is 5.85. The van der Waals surface area contributed by atoms with Gasteiger partial charge in [0.05, 0.1) is 5.75 Å². The van der Waals surface area contributed by atoms with Gasteiger partial charge in [0.2, 0.25) is 12.0 Å². The van der Waals surface area contributed by atoms with Gasteiger partial charge < -0.3 is 18.4 Å². The minimum atomic E-state index is -0.423. The van der Waals surface area contributed by atoms with Crippen LogP contribution >= 0.6 is 11.8 Å². The van der Waals surface area contributed by atoms with Crippen molar-refractivity contribution in [2.45, 2.75) is 36.8 Å². The van der Waals surface area contributed by atoms with E-state index in [4.69, 9.17) is 18.4 Å². The van der Waals surface area contributed by atoms with Gasteiger partial charge in [0, 0.05) is 5.92 Å².